The van der Waals surface area contributed by atoms with Crippen LogP contribution in [0.2, 0.25) is 0 Å². The number of benzene rings is 2. The van der Waals surface area contributed by atoms with Gasteiger partial charge in [0.25, 0.3) is 0 Å². The average Bonchev–Trinajstić information content (AvgIpc) is 2.50. The maximum absolute atomic E-state index is 12.0. The third-order valence-corrected chi connectivity index (χ3v) is 4.81. The van der Waals surface area contributed by atoms with Crippen molar-refractivity contribution >= 4 is 22.6 Å². The van der Waals surface area contributed by atoms with Crippen molar-refractivity contribution in [1.82, 2.24) is 5.32 Å². The fraction of sp³-hybridized carbons (Fsp3) is 0.368. The molecule has 1 fully saturated rings. The zero-order valence-electron chi connectivity index (χ0n) is 13.0. The lowest BCUT2D eigenvalue weighted by atomic mass is 9.66. The van der Waals surface area contributed by atoms with Crippen LogP contribution in [-0.4, -0.2) is 23.5 Å². The highest BCUT2D eigenvalue weighted by Gasteiger charge is 2.45. The first-order valence-electron chi connectivity index (χ1n) is 8.07. The summed E-state index contributed by atoms with van der Waals surface area (Å²) in [5, 5.41) is 14.5. The molecule has 0 atom stereocenters. The van der Waals surface area contributed by atoms with Crippen LogP contribution in [0, 0.1) is 5.41 Å². The third-order valence-electron chi connectivity index (χ3n) is 4.81. The van der Waals surface area contributed by atoms with Gasteiger partial charge in [0.1, 0.15) is 0 Å². The fourth-order valence-electron chi connectivity index (χ4n) is 3.18. The number of amides is 1. The molecule has 1 saturated carbocycles. The number of fused-ring (bicyclic) bond motifs is 1. The molecular formula is C19H21NO3. The van der Waals surface area contributed by atoms with Crippen LogP contribution in [0.4, 0.5) is 0 Å². The molecule has 1 aliphatic carbocycles. The zero-order valence-corrected chi connectivity index (χ0v) is 13.0. The first-order valence-corrected chi connectivity index (χ1v) is 8.07. The Balaban J connectivity index is 1.52. The number of nitrogens with one attached hydrogen (secondary N) is 1. The summed E-state index contributed by atoms with van der Waals surface area (Å²) in [5.41, 5.74) is 0.355. The lowest BCUT2D eigenvalue weighted by molar-refractivity contribution is -0.157. The highest BCUT2D eigenvalue weighted by Crippen LogP contribution is 2.44. The van der Waals surface area contributed by atoms with E-state index in [9.17, 15) is 14.7 Å². The Hall–Kier alpha value is -2.36. The molecule has 3 rings (SSSR count). The number of hydrogen-bond acceptors (Lipinski definition) is 2. The Morgan fingerprint density at radius 3 is 2.48 bits per heavy atom. The standard InChI is InChI=1S/C19H21NO3/c21-17(13-19(18(22)23)9-3-10-19)20-11-8-14-6-7-15-4-1-2-5-16(15)12-14/h1-2,4-7,12H,3,8-11,13H2,(H,20,21)(H,22,23). The van der Waals surface area contributed by atoms with Gasteiger partial charge in [0.05, 0.1) is 5.41 Å². The molecule has 0 radical (unpaired) electrons. The van der Waals surface area contributed by atoms with Crippen LogP contribution in [0.1, 0.15) is 31.2 Å². The molecule has 23 heavy (non-hydrogen) atoms. The second-order valence-corrected chi connectivity index (χ2v) is 6.40. The van der Waals surface area contributed by atoms with Crippen molar-refractivity contribution in [2.45, 2.75) is 32.1 Å². The van der Waals surface area contributed by atoms with Gasteiger partial charge in [-0.3, -0.25) is 9.59 Å². The Bertz CT molecular complexity index is 734. The summed E-state index contributed by atoms with van der Waals surface area (Å²) in [6, 6.07) is 14.5. The average molecular weight is 311 g/mol. The van der Waals surface area contributed by atoms with Crippen molar-refractivity contribution in [3.63, 3.8) is 0 Å². The fourth-order valence-corrected chi connectivity index (χ4v) is 3.18. The predicted octanol–water partition coefficient (Wildman–Crippen LogP) is 3.14. The summed E-state index contributed by atoms with van der Waals surface area (Å²) < 4.78 is 0. The molecule has 4 heteroatoms. The maximum Gasteiger partial charge on any atom is 0.310 e. The molecule has 0 saturated heterocycles. The molecule has 2 N–H and O–H groups in total. The summed E-state index contributed by atoms with van der Waals surface area (Å²) in [6.45, 7) is 0.535. The maximum atomic E-state index is 12.0. The van der Waals surface area contributed by atoms with Crippen LogP contribution in [-0.2, 0) is 16.0 Å². The van der Waals surface area contributed by atoms with Gasteiger partial charge in [0.2, 0.25) is 5.91 Å². The quantitative estimate of drug-likeness (QED) is 0.861. The molecule has 1 aliphatic rings. The lowest BCUT2D eigenvalue weighted by Crippen LogP contribution is -2.42. The molecule has 0 unspecified atom stereocenters. The topological polar surface area (TPSA) is 66.4 Å². The van der Waals surface area contributed by atoms with E-state index in [1.54, 1.807) is 0 Å². The lowest BCUT2D eigenvalue weighted by Gasteiger charge is -2.36. The molecule has 0 aromatic heterocycles. The van der Waals surface area contributed by atoms with Crippen molar-refractivity contribution in [1.29, 1.82) is 0 Å². The SMILES string of the molecule is O=C(CC1(C(=O)O)CCC1)NCCc1ccc2ccccc2c1. The highest BCUT2D eigenvalue weighted by molar-refractivity contribution is 5.85. The second-order valence-electron chi connectivity index (χ2n) is 6.40. The van der Waals surface area contributed by atoms with Crippen molar-refractivity contribution < 1.29 is 14.7 Å². The number of carboxylic acid groups (broad SMARTS) is 1. The van der Waals surface area contributed by atoms with Crippen LogP contribution in [0.15, 0.2) is 42.5 Å². The van der Waals surface area contributed by atoms with Gasteiger partial charge in [0, 0.05) is 13.0 Å². The van der Waals surface area contributed by atoms with E-state index in [-0.39, 0.29) is 12.3 Å². The number of carbonyl (C=O) groups is 2. The molecule has 120 valence electrons. The molecule has 0 spiro atoms. The van der Waals surface area contributed by atoms with E-state index >= 15 is 0 Å². The number of hydrogen-bond donors (Lipinski definition) is 2. The largest absolute Gasteiger partial charge is 0.481 e. The smallest absolute Gasteiger partial charge is 0.310 e. The molecule has 4 nitrogen and oxygen atoms in total. The molecule has 0 bridgehead atoms. The van der Waals surface area contributed by atoms with Gasteiger partial charge >= 0.3 is 5.97 Å². The van der Waals surface area contributed by atoms with Crippen LogP contribution in [0.5, 0.6) is 0 Å². The summed E-state index contributed by atoms with van der Waals surface area (Å²) in [6.07, 6.45) is 2.97. The van der Waals surface area contributed by atoms with Crippen molar-refractivity contribution in [3.05, 3.63) is 48.0 Å². The van der Waals surface area contributed by atoms with Crippen LogP contribution >= 0.6 is 0 Å². The monoisotopic (exact) mass is 311 g/mol. The van der Waals surface area contributed by atoms with Gasteiger partial charge in [-0.25, -0.2) is 0 Å². The summed E-state index contributed by atoms with van der Waals surface area (Å²) >= 11 is 0. The number of rotatable bonds is 6. The van der Waals surface area contributed by atoms with Crippen molar-refractivity contribution in [2.24, 2.45) is 5.41 Å². The predicted molar refractivity (Wildman–Crippen MR) is 89.2 cm³/mol. The third kappa shape index (κ3) is 3.36. The van der Waals surface area contributed by atoms with Crippen LogP contribution < -0.4 is 5.32 Å². The van der Waals surface area contributed by atoms with E-state index in [1.165, 1.54) is 16.3 Å². The summed E-state index contributed by atoms with van der Waals surface area (Å²) in [7, 11) is 0. The summed E-state index contributed by atoms with van der Waals surface area (Å²) in [4.78, 5) is 23.3. The molecule has 2 aromatic rings. The van der Waals surface area contributed by atoms with E-state index in [0.717, 1.165) is 12.8 Å². The Morgan fingerprint density at radius 1 is 1.09 bits per heavy atom. The minimum atomic E-state index is -0.839. The number of carbonyl (C=O) groups excluding carboxylic acids is 1. The van der Waals surface area contributed by atoms with Crippen LogP contribution in [0.3, 0.4) is 0 Å². The summed E-state index contributed by atoms with van der Waals surface area (Å²) in [5.74, 6) is -0.999. The van der Waals surface area contributed by atoms with E-state index in [4.69, 9.17) is 0 Å². The second kappa shape index (κ2) is 6.41. The Kier molecular flexibility index (Phi) is 4.33. The zero-order chi connectivity index (χ0) is 16.3. The molecule has 0 aliphatic heterocycles. The van der Waals surface area contributed by atoms with Gasteiger partial charge in [-0.15, -0.1) is 0 Å². The normalized spacial score (nSPS) is 15.8. The first kappa shape index (κ1) is 15.5. The van der Waals surface area contributed by atoms with E-state index < -0.39 is 11.4 Å². The Morgan fingerprint density at radius 2 is 1.83 bits per heavy atom. The number of aliphatic carboxylic acids is 1. The minimum absolute atomic E-state index is 0.0973. The van der Waals surface area contributed by atoms with Crippen LogP contribution in [0.25, 0.3) is 10.8 Å². The van der Waals surface area contributed by atoms with Gasteiger partial charge in [0.15, 0.2) is 0 Å². The van der Waals surface area contributed by atoms with Crippen molar-refractivity contribution in [3.8, 4) is 0 Å². The van der Waals surface area contributed by atoms with E-state index in [0.29, 0.717) is 19.4 Å². The van der Waals surface area contributed by atoms with Gasteiger partial charge in [-0.05, 0) is 35.6 Å². The minimum Gasteiger partial charge on any atom is -0.481 e. The van der Waals surface area contributed by atoms with Gasteiger partial charge < -0.3 is 10.4 Å². The Labute approximate surface area is 135 Å². The molecule has 1 amide bonds. The van der Waals surface area contributed by atoms with E-state index in [1.807, 2.05) is 12.1 Å². The van der Waals surface area contributed by atoms with Crippen molar-refractivity contribution in [2.75, 3.05) is 6.54 Å². The van der Waals surface area contributed by atoms with Gasteiger partial charge in [-0.2, -0.15) is 0 Å². The molecular weight excluding hydrogens is 290 g/mol. The number of carboxylic acids is 1. The first-order chi connectivity index (χ1) is 11.1. The highest BCUT2D eigenvalue weighted by atomic mass is 16.4. The molecule has 0 heterocycles. The van der Waals surface area contributed by atoms with Gasteiger partial charge in [-0.1, -0.05) is 48.9 Å². The molecule has 2 aromatic carbocycles. The van der Waals surface area contributed by atoms with E-state index in [2.05, 4.69) is 35.6 Å².